The lowest BCUT2D eigenvalue weighted by Crippen LogP contribution is -2.50. The van der Waals surface area contributed by atoms with Crippen molar-refractivity contribution in [3.05, 3.63) is 12.2 Å². The number of carbonyl (C=O) groups is 1. The molecule has 274 valence electrons. The van der Waals surface area contributed by atoms with Gasteiger partial charge in [0, 0.05) is 0 Å². The molecule has 3 unspecified atom stereocenters. The zero-order chi connectivity index (χ0) is 34.1. The van der Waals surface area contributed by atoms with Crippen molar-refractivity contribution in [1.82, 2.24) is 5.32 Å². The van der Waals surface area contributed by atoms with Crippen molar-refractivity contribution in [2.45, 2.75) is 218 Å². The summed E-state index contributed by atoms with van der Waals surface area (Å²) in [5, 5.41) is 23.3. The molecule has 7 nitrogen and oxygen atoms in total. The van der Waals surface area contributed by atoms with E-state index in [-0.39, 0.29) is 6.42 Å². The standard InChI is InChI=1S/C38H75NO6S/c1-3-5-7-9-11-13-15-17-18-19-21-22-24-26-28-30-32-36(40)35(34-46(43,44)45)39-38(42)37(41)33-31-29-27-25-23-20-16-14-12-10-8-6-4-2/h30,32,35-37,40-41H,3-29,31,33-34H2,1-2H3,(H,39,42)(H,43,44,45)/b32-30+. The van der Waals surface area contributed by atoms with E-state index in [1.807, 2.05) is 0 Å². The minimum absolute atomic E-state index is 0.285. The molecule has 0 aromatic carbocycles. The van der Waals surface area contributed by atoms with Gasteiger partial charge in [-0.3, -0.25) is 9.35 Å². The molecule has 0 spiro atoms. The number of aliphatic hydroxyl groups excluding tert-OH is 2. The topological polar surface area (TPSA) is 124 Å². The Morgan fingerprint density at radius 3 is 1.30 bits per heavy atom. The molecule has 0 saturated heterocycles. The molecular weight excluding hydrogens is 598 g/mol. The smallest absolute Gasteiger partial charge is 0.267 e. The highest BCUT2D eigenvalue weighted by molar-refractivity contribution is 7.85. The van der Waals surface area contributed by atoms with E-state index in [2.05, 4.69) is 19.2 Å². The Morgan fingerprint density at radius 2 is 0.935 bits per heavy atom. The maximum absolute atomic E-state index is 12.5. The molecule has 0 fully saturated rings. The normalized spacial score (nSPS) is 14.1. The Balaban J connectivity index is 4.06. The summed E-state index contributed by atoms with van der Waals surface area (Å²) in [5.41, 5.74) is 0. The van der Waals surface area contributed by atoms with Crippen LogP contribution >= 0.6 is 0 Å². The second-order valence-electron chi connectivity index (χ2n) is 13.7. The van der Waals surface area contributed by atoms with E-state index in [0.29, 0.717) is 6.42 Å². The van der Waals surface area contributed by atoms with Crippen LogP contribution in [-0.2, 0) is 14.9 Å². The van der Waals surface area contributed by atoms with E-state index < -0.39 is 40.0 Å². The Hall–Kier alpha value is -0.960. The number of allylic oxidation sites excluding steroid dienone is 1. The van der Waals surface area contributed by atoms with Crippen LogP contribution < -0.4 is 5.32 Å². The lowest BCUT2D eigenvalue weighted by molar-refractivity contribution is -0.130. The maximum atomic E-state index is 12.5. The van der Waals surface area contributed by atoms with Crippen molar-refractivity contribution in [2.75, 3.05) is 5.75 Å². The van der Waals surface area contributed by atoms with Crippen molar-refractivity contribution < 1.29 is 28.0 Å². The van der Waals surface area contributed by atoms with Crippen LogP contribution in [-0.4, -0.2) is 53.1 Å². The Kier molecular flexibility index (Phi) is 31.9. The lowest BCUT2D eigenvalue weighted by Gasteiger charge is -2.22. The van der Waals surface area contributed by atoms with Crippen molar-refractivity contribution in [3.8, 4) is 0 Å². The third-order valence-electron chi connectivity index (χ3n) is 9.07. The molecule has 4 N–H and O–H groups in total. The number of rotatable bonds is 35. The molecule has 0 saturated carbocycles. The molecule has 0 aliphatic carbocycles. The molecule has 0 aromatic rings. The van der Waals surface area contributed by atoms with E-state index in [1.165, 1.54) is 141 Å². The molecule has 0 bridgehead atoms. The first-order chi connectivity index (χ1) is 22.2. The largest absolute Gasteiger partial charge is 0.387 e. The van der Waals surface area contributed by atoms with Crippen molar-refractivity contribution in [1.29, 1.82) is 0 Å². The van der Waals surface area contributed by atoms with Gasteiger partial charge in [0.1, 0.15) is 6.10 Å². The highest BCUT2D eigenvalue weighted by Crippen LogP contribution is 2.15. The van der Waals surface area contributed by atoms with Gasteiger partial charge < -0.3 is 15.5 Å². The summed E-state index contributed by atoms with van der Waals surface area (Å²) in [4.78, 5) is 12.5. The number of unbranched alkanes of at least 4 members (excludes halogenated alkanes) is 26. The van der Waals surface area contributed by atoms with Crippen LogP contribution in [0.2, 0.25) is 0 Å². The average molecular weight is 674 g/mol. The molecule has 46 heavy (non-hydrogen) atoms. The minimum Gasteiger partial charge on any atom is -0.387 e. The zero-order valence-corrected chi connectivity index (χ0v) is 30.9. The predicted octanol–water partition coefficient (Wildman–Crippen LogP) is 9.99. The van der Waals surface area contributed by atoms with Crippen LogP contribution in [0.5, 0.6) is 0 Å². The molecule has 8 heteroatoms. The van der Waals surface area contributed by atoms with Gasteiger partial charge in [0.2, 0.25) is 5.91 Å². The molecule has 0 radical (unpaired) electrons. The monoisotopic (exact) mass is 674 g/mol. The van der Waals surface area contributed by atoms with E-state index in [0.717, 1.165) is 38.5 Å². The number of carbonyl (C=O) groups excluding carboxylic acids is 1. The fraction of sp³-hybridized carbons (Fsp3) is 0.921. The van der Waals surface area contributed by atoms with Gasteiger partial charge in [-0.15, -0.1) is 0 Å². The Labute approximate surface area is 284 Å². The Bertz CT molecular complexity index is 803. The summed E-state index contributed by atoms with van der Waals surface area (Å²) in [6, 6.07) is -1.23. The predicted molar refractivity (Wildman–Crippen MR) is 195 cm³/mol. The van der Waals surface area contributed by atoms with Gasteiger partial charge in [0.25, 0.3) is 10.1 Å². The molecule has 3 atom stereocenters. The molecule has 0 aliphatic heterocycles. The Morgan fingerprint density at radius 1 is 0.587 bits per heavy atom. The summed E-state index contributed by atoms with van der Waals surface area (Å²) in [6.07, 6.45) is 35.5. The van der Waals surface area contributed by atoms with E-state index in [1.54, 1.807) is 6.08 Å². The maximum Gasteiger partial charge on any atom is 0.267 e. The van der Waals surface area contributed by atoms with Gasteiger partial charge in [-0.1, -0.05) is 193 Å². The average Bonchev–Trinajstić information content (AvgIpc) is 3.01. The second kappa shape index (κ2) is 32.6. The van der Waals surface area contributed by atoms with Crippen molar-refractivity contribution >= 4 is 16.0 Å². The third-order valence-corrected chi connectivity index (χ3v) is 9.85. The van der Waals surface area contributed by atoms with E-state index >= 15 is 0 Å². The zero-order valence-electron chi connectivity index (χ0n) is 30.1. The summed E-state index contributed by atoms with van der Waals surface area (Å²) in [7, 11) is -4.43. The van der Waals surface area contributed by atoms with Crippen molar-refractivity contribution in [2.24, 2.45) is 0 Å². The first-order valence-electron chi connectivity index (χ1n) is 19.5. The van der Waals surface area contributed by atoms with Gasteiger partial charge in [0.15, 0.2) is 0 Å². The van der Waals surface area contributed by atoms with Gasteiger partial charge in [0.05, 0.1) is 17.9 Å². The SMILES string of the molecule is CCCCCCCCCCCCCCCC/C=C/C(O)C(CS(=O)(=O)O)NC(=O)C(O)CCCCCCCCCCCCCCC. The van der Waals surface area contributed by atoms with Crippen LogP contribution in [0.25, 0.3) is 0 Å². The fourth-order valence-electron chi connectivity index (χ4n) is 6.04. The van der Waals surface area contributed by atoms with Crippen LogP contribution in [0.1, 0.15) is 200 Å². The van der Waals surface area contributed by atoms with E-state index in [9.17, 15) is 28.0 Å². The van der Waals surface area contributed by atoms with Crippen LogP contribution in [0.15, 0.2) is 12.2 Å². The van der Waals surface area contributed by atoms with Gasteiger partial charge in [-0.2, -0.15) is 8.42 Å². The van der Waals surface area contributed by atoms with Crippen LogP contribution in [0.4, 0.5) is 0 Å². The molecule has 0 aromatic heterocycles. The summed E-state index contributed by atoms with van der Waals surface area (Å²) in [5.74, 6) is -1.53. The van der Waals surface area contributed by atoms with Crippen molar-refractivity contribution in [3.63, 3.8) is 0 Å². The quantitative estimate of drug-likeness (QED) is 0.0302. The fourth-order valence-corrected chi connectivity index (χ4v) is 6.78. The first-order valence-corrected chi connectivity index (χ1v) is 21.1. The lowest BCUT2D eigenvalue weighted by atomic mass is 10.0. The molecular formula is C38H75NO6S. The minimum atomic E-state index is -4.43. The molecule has 0 aliphatic rings. The number of hydrogen-bond donors (Lipinski definition) is 4. The van der Waals surface area contributed by atoms with Gasteiger partial charge >= 0.3 is 0 Å². The number of hydrogen-bond acceptors (Lipinski definition) is 5. The van der Waals surface area contributed by atoms with Crippen LogP contribution in [0.3, 0.4) is 0 Å². The first kappa shape index (κ1) is 45.0. The highest BCUT2D eigenvalue weighted by Gasteiger charge is 2.27. The number of amides is 1. The summed E-state index contributed by atoms with van der Waals surface area (Å²) < 4.78 is 32.4. The molecule has 0 rings (SSSR count). The number of aliphatic hydroxyl groups is 2. The summed E-state index contributed by atoms with van der Waals surface area (Å²) >= 11 is 0. The van der Waals surface area contributed by atoms with Gasteiger partial charge in [-0.05, 0) is 19.3 Å². The second-order valence-corrected chi connectivity index (χ2v) is 15.2. The van der Waals surface area contributed by atoms with Gasteiger partial charge in [-0.25, -0.2) is 0 Å². The van der Waals surface area contributed by atoms with Crippen LogP contribution in [0, 0.1) is 0 Å². The van der Waals surface area contributed by atoms with E-state index in [4.69, 9.17) is 0 Å². The summed E-state index contributed by atoms with van der Waals surface area (Å²) in [6.45, 7) is 4.50. The highest BCUT2D eigenvalue weighted by atomic mass is 32.2. The third kappa shape index (κ3) is 31.6. The molecule has 1 amide bonds. The number of nitrogens with one attached hydrogen (secondary N) is 1. The molecule has 0 heterocycles.